The van der Waals surface area contributed by atoms with Crippen LogP contribution in [0.1, 0.15) is 20.8 Å². The van der Waals surface area contributed by atoms with E-state index in [1.54, 1.807) is 0 Å². The van der Waals surface area contributed by atoms with Crippen LogP contribution < -0.4 is 11.1 Å². The molecule has 0 saturated carbocycles. The van der Waals surface area contributed by atoms with E-state index >= 15 is 0 Å². The standard InChI is InChI=1S/C11H22N4O/c1-4-15(9-11(2,3)8-13)7-10(16)14-6-5-12/h4,6-9,13H2,1-3H3,(H,14,16). The van der Waals surface area contributed by atoms with Crippen LogP contribution in [0.4, 0.5) is 0 Å². The normalized spacial score (nSPS) is 11.2. The van der Waals surface area contributed by atoms with Crippen LogP contribution in [0.25, 0.3) is 0 Å². The lowest BCUT2D eigenvalue weighted by atomic mass is 9.93. The molecule has 0 aliphatic heterocycles. The number of rotatable bonds is 7. The summed E-state index contributed by atoms with van der Waals surface area (Å²) in [6.07, 6.45) is 0. The topological polar surface area (TPSA) is 82.2 Å². The molecule has 5 heteroatoms. The largest absolute Gasteiger partial charge is 0.342 e. The molecular weight excluding hydrogens is 204 g/mol. The molecule has 5 nitrogen and oxygen atoms in total. The van der Waals surface area contributed by atoms with Crippen LogP contribution in [-0.4, -0.2) is 43.5 Å². The second-order valence-electron chi connectivity index (χ2n) is 4.61. The highest BCUT2D eigenvalue weighted by Crippen LogP contribution is 2.14. The summed E-state index contributed by atoms with van der Waals surface area (Å²) in [5.74, 6) is -0.115. The molecule has 0 unspecified atom stereocenters. The summed E-state index contributed by atoms with van der Waals surface area (Å²) in [5.41, 5.74) is 5.66. The van der Waals surface area contributed by atoms with Gasteiger partial charge in [0.15, 0.2) is 0 Å². The number of nitrogens with two attached hydrogens (primary N) is 1. The molecule has 0 atom stereocenters. The van der Waals surface area contributed by atoms with Gasteiger partial charge in [-0.05, 0) is 18.5 Å². The van der Waals surface area contributed by atoms with E-state index in [4.69, 9.17) is 11.0 Å². The maximum atomic E-state index is 11.4. The molecule has 0 aliphatic carbocycles. The molecule has 0 bridgehead atoms. The summed E-state index contributed by atoms with van der Waals surface area (Å²) in [7, 11) is 0. The van der Waals surface area contributed by atoms with Crippen molar-refractivity contribution in [1.29, 1.82) is 5.26 Å². The van der Waals surface area contributed by atoms with Crippen LogP contribution in [-0.2, 0) is 4.79 Å². The molecule has 0 aromatic heterocycles. The highest BCUT2D eigenvalue weighted by atomic mass is 16.2. The molecule has 0 radical (unpaired) electrons. The van der Waals surface area contributed by atoms with E-state index in [0.717, 1.165) is 13.1 Å². The molecular formula is C11H22N4O. The predicted molar refractivity (Wildman–Crippen MR) is 63.6 cm³/mol. The molecule has 0 fully saturated rings. The van der Waals surface area contributed by atoms with Gasteiger partial charge in [0, 0.05) is 6.54 Å². The quantitative estimate of drug-likeness (QED) is 0.595. The van der Waals surface area contributed by atoms with E-state index < -0.39 is 0 Å². The fourth-order valence-electron chi connectivity index (χ4n) is 1.35. The zero-order valence-corrected chi connectivity index (χ0v) is 10.4. The lowest BCUT2D eigenvalue weighted by molar-refractivity contribution is -0.122. The van der Waals surface area contributed by atoms with E-state index in [1.807, 2.05) is 17.9 Å². The Morgan fingerprint density at radius 1 is 1.56 bits per heavy atom. The van der Waals surface area contributed by atoms with Crippen molar-refractivity contribution in [1.82, 2.24) is 10.2 Å². The molecule has 0 aliphatic rings. The van der Waals surface area contributed by atoms with Gasteiger partial charge >= 0.3 is 0 Å². The second kappa shape index (κ2) is 7.20. The number of carbonyl (C=O) groups excluding carboxylic acids is 1. The van der Waals surface area contributed by atoms with Gasteiger partial charge in [0.2, 0.25) is 5.91 Å². The highest BCUT2D eigenvalue weighted by Gasteiger charge is 2.20. The van der Waals surface area contributed by atoms with Crippen molar-refractivity contribution in [2.75, 3.05) is 32.7 Å². The van der Waals surface area contributed by atoms with Gasteiger partial charge in [-0.3, -0.25) is 9.69 Å². The molecule has 3 N–H and O–H groups in total. The minimum Gasteiger partial charge on any atom is -0.342 e. The van der Waals surface area contributed by atoms with Crippen LogP contribution in [0.5, 0.6) is 0 Å². The Kier molecular flexibility index (Phi) is 6.70. The number of nitrogens with zero attached hydrogens (tertiary/aromatic N) is 2. The van der Waals surface area contributed by atoms with E-state index in [1.165, 1.54) is 0 Å². The minimum atomic E-state index is -0.115. The fraction of sp³-hybridized carbons (Fsp3) is 0.818. The first-order valence-electron chi connectivity index (χ1n) is 5.51. The van der Waals surface area contributed by atoms with E-state index in [9.17, 15) is 4.79 Å². The molecule has 16 heavy (non-hydrogen) atoms. The first-order valence-corrected chi connectivity index (χ1v) is 5.51. The molecule has 0 heterocycles. The number of nitriles is 1. The first kappa shape index (κ1) is 14.9. The minimum absolute atomic E-state index is 0.00547. The van der Waals surface area contributed by atoms with Gasteiger partial charge in [-0.2, -0.15) is 5.26 Å². The predicted octanol–water partition coefficient (Wildman–Crippen LogP) is -0.0670. The summed E-state index contributed by atoms with van der Waals surface area (Å²) in [5, 5.41) is 10.9. The number of nitrogens with one attached hydrogen (secondary N) is 1. The fourth-order valence-corrected chi connectivity index (χ4v) is 1.35. The van der Waals surface area contributed by atoms with Crippen molar-refractivity contribution in [3.05, 3.63) is 0 Å². The zero-order valence-electron chi connectivity index (χ0n) is 10.4. The van der Waals surface area contributed by atoms with E-state index in [2.05, 4.69) is 19.2 Å². The van der Waals surface area contributed by atoms with Gasteiger partial charge in [0.05, 0.1) is 12.6 Å². The van der Waals surface area contributed by atoms with Crippen LogP contribution in [0.3, 0.4) is 0 Å². The third-order valence-corrected chi connectivity index (χ3v) is 2.38. The van der Waals surface area contributed by atoms with Crippen molar-refractivity contribution >= 4 is 5.91 Å². The Bertz CT molecular complexity index is 257. The molecule has 1 amide bonds. The van der Waals surface area contributed by atoms with Crippen molar-refractivity contribution in [2.45, 2.75) is 20.8 Å². The van der Waals surface area contributed by atoms with Crippen LogP contribution in [0.2, 0.25) is 0 Å². The number of carbonyl (C=O) groups is 1. The zero-order chi connectivity index (χ0) is 12.6. The van der Waals surface area contributed by atoms with Crippen molar-refractivity contribution < 1.29 is 4.79 Å². The van der Waals surface area contributed by atoms with Crippen LogP contribution in [0.15, 0.2) is 0 Å². The highest BCUT2D eigenvalue weighted by molar-refractivity contribution is 5.78. The van der Waals surface area contributed by atoms with Crippen molar-refractivity contribution in [2.24, 2.45) is 11.1 Å². The van der Waals surface area contributed by atoms with Crippen LogP contribution >= 0.6 is 0 Å². The molecule has 0 aromatic carbocycles. The molecule has 0 aromatic rings. The first-order chi connectivity index (χ1) is 7.45. The van der Waals surface area contributed by atoms with Crippen molar-refractivity contribution in [3.8, 4) is 6.07 Å². The van der Waals surface area contributed by atoms with E-state index in [0.29, 0.717) is 13.1 Å². The van der Waals surface area contributed by atoms with Crippen molar-refractivity contribution in [3.63, 3.8) is 0 Å². The Morgan fingerprint density at radius 3 is 2.62 bits per heavy atom. The molecule has 0 rings (SSSR count). The molecule has 0 spiro atoms. The number of amides is 1. The SMILES string of the molecule is CCN(CC(=O)NCC#N)CC(C)(C)CN. The monoisotopic (exact) mass is 226 g/mol. The second-order valence-corrected chi connectivity index (χ2v) is 4.61. The number of hydrogen-bond acceptors (Lipinski definition) is 4. The summed E-state index contributed by atoms with van der Waals surface area (Å²) < 4.78 is 0. The summed E-state index contributed by atoms with van der Waals surface area (Å²) in [6, 6.07) is 1.88. The third-order valence-electron chi connectivity index (χ3n) is 2.38. The van der Waals surface area contributed by atoms with Gasteiger partial charge in [0.25, 0.3) is 0 Å². The summed E-state index contributed by atoms with van der Waals surface area (Å²) in [6.45, 7) is 8.70. The number of likely N-dealkylation sites (N-methyl/N-ethyl adjacent to an activating group) is 1. The Morgan fingerprint density at radius 2 is 2.19 bits per heavy atom. The third kappa shape index (κ3) is 6.38. The van der Waals surface area contributed by atoms with Gasteiger partial charge < -0.3 is 11.1 Å². The van der Waals surface area contributed by atoms with Gasteiger partial charge in [-0.15, -0.1) is 0 Å². The maximum Gasteiger partial charge on any atom is 0.235 e. The lowest BCUT2D eigenvalue weighted by Gasteiger charge is -2.30. The Balaban J connectivity index is 4.11. The number of hydrogen-bond donors (Lipinski definition) is 2. The smallest absolute Gasteiger partial charge is 0.235 e. The molecule has 0 saturated heterocycles. The van der Waals surface area contributed by atoms with E-state index in [-0.39, 0.29) is 17.9 Å². The van der Waals surface area contributed by atoms with Crippen LogP contribution in [0, 0.1) is 16.7 Å². The van der Waals surface area contributed by atoms with Gasteiger partial charge in [-0.1, -0.05) is 20.8 Å². The molecule has 92 valence electrons. The van der Waals surface area contributed by atoms with Gasteiger partial charge in [0.1, 0.15) is 6.54 Å². The Hall–Kier alpha value is -1.12. The maximum absolute atomic E-state index is 11.4. The lowest BCUT2D eigenvalue weighted by Crippen LogP contribution is -2.43. The summed E-state index contributed by atoms with van der Waals surface area (Å²) in [4.78, 5) is 13.4. The average Bonchev–Trinajstić information content (AvgIpc) is 2.25. The summed E-state index contributed by atoms with van der Waals surface area (Å²) >= 11 is 0. The van der Waals surface area contributed by atoms with Gasteiger partial charge in [-0.25, -0.2) is 0 Å². The Labute approximate surface area is 97.6 Å². The average molecular weight is 226 g/mol.